The predicted octanol–water partition coefficient (Wildman–Crippen LogP) is 3.80. The van der Waals surface area contributed by atoms with Crippen molar-refractivity contribution < 1.29 is 4.79 Å². The van der Waals surface area contributed by atoms with E-state index in [1.165, 1.54) is 11.1 Å². The highest BCUT2D eigenvalue weighted by Gasteiger charge is 1.98. The van der Waals surface area contributed by atoms with Crippen molar-refractivity contribution in [3.8, 4) is 0 Å². The van der Waals surface area contributed by atoms with Gasteiger partial charge in [0.25, 0.3) is 0 Å². The van der Waals surface area contributed by atoms with Gasteiger partial charge in [-0.05, 0) is 29.7 Å². The molecule has 0 saturated heterocycles. The Bertz CT molecular complexity index is 319. The number of benzene rings is 1. The molecule has 0 amide bonds. The molecule has 1 aromatic carbocycles. The lowest BCUT2D eigenvalue weighted by Crippen LogP contribution is -1.88. The third-order valence-electron chi connectivity index (χ3n) is 2.32. The van der Waals surface area contributed by atoms with Crippen LogP contribution >= 0.6 is 11.8 Å². The molecule has 0 aliphatic rings. The van der Waals surface area contributed by atoms with Gasteiger partial charge < -0.3 is 4.79 Å². The van der Waals surface area contributed by atoms with Crippen molar-refractivity contribution in [1.29, 1.82) is 0 Å². The molecule has 1 rings (SSSR count). The highest BCUT2D eigenvalue weighted by molar-refractivity contribution is 7.99. The lowest BCUT2D eigenvalue weighted by atomic mass is 10.1. The van der Waals surface area contributed by atoms with Gasteiger partial charge in [-0.25, -0.2) is 0 Å². The number of rotatable bonds is 8. The summed E-state index contributed by atoms with van der Waals surface area (Å²) in [5, 5.41) is 0. The maximum atomic E-state index is 10.1. The molecule has 0 unspecified atom stereocenters. The fraction of sp³-hybridized carbons (Fsp3) is 0.357. The summed E-state index contributed by atoms with van der Waals surface area (Å²) in [5.41, 5.74) is 2.41. The van der Waals surface area contributed by atoms with Crippen LogP contribution in [0, 0.1) is 0 Å². The maximum Gasteiger partial charge on any atom is 0.119 e. The third kappa shape index (κ3) is 5.17. The summed E-state index contributed by atoms with van der Waals surface area (Å²) in [7, 11) is 0. The molecule has 0 bridgehead atoms. The molecule has 0 spiro atoms. The van der Waals surface area contributed by atoms with Crippen molar-refractivity contribution in [3.63, 3.8) is 0 Å². The van der Waals surface area contributed by atoms with Crippen LogP contribution in [0.3, 0.4) is 0 Å². The van der Waals surface area contributed by atoms with Gasteiger partial charge in [-0.2, -0.15) is 11.8 Å². The first-order valence-electron chi connectivity index (χ1n) is 5.59. The van der Waals surface area contributed by atoms with Crippen molar-refractivity contribution in [1.82, 2.24) is 0 Å². The largest absolute Gasteiger partial charge is 0.303 e. The second kappa shape index (κ2) is 8.17. The van der Waals surface area contributed by atoms with E-state index >= 15 is 0 Å². The number of thioether (sulfide) groups is 1. The standard InChI is InChI=1S/C14H18OS/c1-13(14-8-4-2-5-9-14)12-16-11-7-3-6-10-15/h2,4-5,8-10H,1,3,6-7,11-12H2. The highest BCUT2D eigenvalue weighted by atomic mass is 32.2. The Labute approximate surface area is 102 Å². The molecule has 0 aliphatic carbocycles. The quantitative estimate of drug-likeness (QED) is 0.502. The Balaban J connectivity index is 2.14. The van der Waals surface area contributed by atoms with E-state index in [0.717, 1.165) is 30.6 Å². The molecule has 0 heterocycles. The molecule has 0 radical (unpaired) electrons. The van der Waals surface area contributed by atoms with Gasteiger partial charge in [0.1, 0.15) is 6.29 Å². The fourth-order valence-corrected chi connectivity index (χ4v) is 2.35. The van der Waals surface area contributed by atoms with Gasteiger partial charge in [0.2, 0.25) is 0 Å². The highest BCUT2D eigenvalue weighted by Crippen LogP contribution is 2.18. The summed E-state index contributed by atoms with van der Waals surface area (Å²) in [4.78, 5) is 10.1. The van der Waals surface area contributed by atoms with Gasteiger partial charge in [0, 0.05) is 12.2 Å². The summed E-state index contributed by atoms with van der Waals surface area (Å²) in [6.45, 7) is 4.08. The van der Waals surface area contributed by atoms with Crippen LogP contribution in [0.25, 0.3) is 5.57 Å². The Kier molecular flexibility index (Phi) is 6.66. The third-order valence-corrected chi connectivity index (χ3v) is 3.45. The second-order valence-corrected chi connectivity index (χ2v) is 4.79. The SMILES string of the molecule is C=C(CSCCCCC=O)c1ccccc1. The van der Waals surface area contributed by atoms with Gasteiger partial charge in [0.05, 0.1) is 0 Å². The molecular weight excluding hydrogens is 216 g/mol. The van der Waals surface area contributed by atoms with Crippen LogP contribution in [0.15, 0.2) is 36.9 Å². The number of aldehydes is 1. The molecule has 0 saturated carbocycles. The molecule has 0 aliphatic heterocycles. The van der Waals surface area contributed by atoms with E-state index in [1.54, 1.807) is 0 Å². The first-order chi connectivity index (χ1) is 7.84. The number of carbonyl (C=O) groups is 1. The van der Waals surface area contributed by atoms with Gasteiger partial charge in [0.15, 0.2) is 0 Å². The zero-order valence-electron chi connectivity index (χ0n) is 9.52. The minimum Gasteiger partial charge on any atom is -0.303 e. The van der Waals surface area contributed by atoms with E-state index in [9.17, 15) is 4.79 Å². The van der Waals surface area contributed by atoms with Crippen LogP contribution in [0.1, 0.15) is 24.8 Å². The lowest BCUT2D eigenvalue weighted by Gasteiger charge is -2.05. The fourth-order valence-electron chi connectivity index (χ4n) is 1.38. The predicted molar refractivity (Wildman–Crippen MR) is 72.7 cm³/mol. The molecule has 1 nitrogen and oxygen atoms in total. The molecule has 1 aromatic rings. The van der Waals surface area contributed by atoms with E-state index in [0.29, 0.717) is 6.42 Å². The number of unbranched alkanes of at least 4 members (excludes halogenated alkanes) is 2. The van der Waals surface area contributed by atoms with Gasteiger partial charge in [-0.1, -0.05) is 36.9 Å². The van der Waals surface area contributed by atoms with Crippen molar-refractivity contribution in [2.45, 2.75) is 19.3 Å². The zero-order chi connectivity index (χ0) is 11.6. The van der Waals surface area contributed by atoms with Crippen LogP contribution in [0.5, 0.6) is 0 Å². The van der Waals surface area contributed by atoms with E-state index in [2.05, 4.69) is 18.7 Å². The molecule has 0 aromatic heterocycles. The Morgan fingerprint density at radius 3 is 2.69 bits per heavy atom. The molecular formula is C14H18OS. The van der Waals surface area contributed by atoms with E-state index in [4.69, 9.17) is 0 Å². The van der Waals surface area contributed by atoms with Crippen LogP contribution < -0.4 is 0 Å². The first-order valence-corrected chi connectivity index (χ1v) is 6.74. The summed E-state index contributed by atoms with van der Waals surface area (Å²) >= 11 is 1.89. The van der Waals surface area contributed by atoms with E-state index in [-0.39, 0.29) is 0 Å². The van der Waals surface area contributed by atoms with Crippen LogP contribution in [-0.2, 0) is 4.79 Å². The Morgan fingerprint density at radius 2 is 2.00 bits per heavy atom. The number of carbonyl (C=O) groups excluding carboxylic acids is 1. The normalized spacial score (nSPS) is 10.0. The summed E-state index contributed by atoms with van der Waals surface area (Å²) in [6, 6.07) is 10.3. The Hall–Kier alpha value is -1.02. The smallest absolute Gasteiger partial charge is 0.119 e. The summed E-state index contributed by atoms with van der Waals surface area (Å²) in [6.07, 6.45) is 3.81. The lowest BCUT2D eigenvalue weighted by molar-refractivity contribution is -0.107. The van der Waals surface area contributed by atoms with E-state index < -0.39 is 0 Å². The zero-order valence-corrected chi connectivity index (χ0v) is 10.3. The van der Waals surface area contributed by atoms with E-state index in [1.807, 2.05) is 30.0 Å². The summed E-state index contributed by atoms with van der Waals surface area (Å²) in [5.74, 6) is 2.09. The molecule has 86 valence electrons. The van der Waals surface area contributed by atoms with Crippen LogP contribution in [-0.4, -0.2) is 17.8 Å². The van der Waals surface area contributed by atoms with Crippen LogP contribution in [0.4, 0.5) is 0 Å². The van der Waals surface area contributed by atoms with Crippen LogP contribution in [0.2, 0.25) is 0 Å². The molecule has 0 N–H and O–H groups in total. The van der Waals surface area contributed by atoms with Crippen molar-refractivity contribution in [3.05, 3.63) is 42.5 Å². The Morgan fingerprint density at radius 1 is 1.25 bits per heavy atom. The monoisotopic (exact) mass is 234 g/mol. The molecule has 2 heteroatoms. The van der Waals surface area contributed by atoms with Gasteiger partial charge >= 0.3 is 0 Å². The van der Waals surface area contributed by atoms with Crippen molar-refractivity contribution >= 4 is 23.6 Å². The number of hydrogen-bond acceptors (Lipinski definition) is 2. The topological polar surface area (TPSA) is 17.1 Å². The summed E-state index contributed by atoms with van der Waals surface area (Å²) < 4.78 is 0. The average Bonchev–Trinajstić information content (AvgIpc) is 2.34. The van der Waals surface area contributed by atoms with Crippen molar-refractivity contribution in [2.75, 3.05) is 11.5 Å². The molecule has 16 heavy (non-hydrogen) atoms. The van der Waals surface area contributed by atoms with Gasteiger partial charge in [-0.15, -0.1) is 0 Å². The second-order valence-electron chi connectivity index (χ2n) is 3.68. The minimum atomic E-state index is 0.695. The van der Waals surface area contributed by atoms with Crippen molar-refractivity contribution in [2.24, 2.45) is 0 Å². The molecule has 0 atom stereocenters. The van der Waals surface area contributed by atoms with Gasteiger partial charge in [-0.3, -0.25) is 0 Å². The average molecular weight is 234 g/mol. The first kappa shape index (κ1) is 13.0. The minimum absolute atomic E-state index is 0.695. The molecule has 0 fully saturated rings. The maximum absolute atomic E-state index is 10.1. The number of hydrogen-bond donors (Lipinski definition) is 0.